The van der Waals surface area contributed by atoms with Gasteiger partial charge in [-0.1, -0.05) is 56.7 Å². The van der Waals surface area contributed by atoms with Gasteiger partial charge in [-0.3, -0.25) is 4.90 Å². The second-order valence-electron chi connectivity index (χ2n) is 9.66. The van der Waals surface area contributed by atoms with Crippen molar-refractivity contribution in [2.24, 2.45) is 0 Å². The maximum Gasteiger partial charge on any atom is 0.227 e. The summed E-state index contributed by atoms with van der Waals surface area (Å²) in [6, 6.07) is 19.9. The Morgan fingerprint density at radius 3 is 2.54 bits per heavy atom. The van der Waals surface area contributed by atoms with Crippen LogP contribution < -0.4 is 4.74 Å². The summed E-state index contributed by atoms with van der Waals surface area (Å²) in [5.74, 6) is 1.47. The van der Waals surface area contributed by atoms with E-state index in [1.165, 1.54) is 0 Å². The first kappa shape index (κ1) is 27.3. The van der Waals surface area contributed by atoms with Gasteiger partial charge in [-0.2, -0.15) is 5.10 Å². The number of aromatic nitrogens is 2. The molecule has 2 atom stereocenters. The van der Waals surface area contributed by atoms with Crippen LogP contribution in [-0.4, -0.2) is 64.9 Å². The number of ether oxygens (including phenoxy) is 3. The Balaban J connectivity index is 1.62. The van der Waals surface area contributed by atoms with E-state index in [4.69, 9.17) is 19.3 Å². The van der Waals surface area contributed by atoms with E-state index in [1.807, 2.05) is 65.3 Å². The summed E-state index contributed by atoms with van der Waals surface area (Å²) in [5, 5.41) is 15.8. The van der Waals surface area contributed by atoms with Gasteiger partial charge in [0.1, 0.15) is 5.75 Å². The van der Waals surface area contributed by atoms with Crippen molar-refractivity contribution in [1.82, 2.24) is 14.7 Å². The van der Waals surface area contributed by atoms with Crippen LogP contribution in [0.25, 0.3) is 5.69 Å². The monoisotopic (exact) mass is 507 g/mol. The Hall–Kier alpha value is -2.71. The Morgan fingerprint density at radius 2 is 1.86 bits per heavy atom. The van der Waals surface area contributed by atoms with Crippen LogP contribution in [0.2, 0.25) is 0 Å². The number of para-hydroxylation sites is 2. The molecule has 1 aliphatic heterocycles. The van der Waals surface area contributed by atoms with Crippen molar-refractivity contribution in [2.75, 3.05) is 32.9 Å². The highest BCUT2D eigenvalue weighted by molar-refractivity contribution is 5.43. The molecule has 200 valence electrons. The Kier molecular flexibility index (Phi) is 10.6. The number of nitrogens with zero attached hydrogens (tertiary/aromatic N) is 3. The first-order chi connectivity index (χ1) is 18.2. The minimum atomic E-state index is -0.578. The van der Waals surface area contributed by atoms with E-state index in [9.17, 15) is 5.11 Å². The molecule has 1 aromatic heterocycles. The van der Waals surface area contributed by atoms with Crippen molar-refractivity contribution in [1.29, 1.82) is 0 Å². The van der Waals surface area contributed by atoms with Crippen molar-refractivity contribution in [2.45, 2.75) is 64.7 Å². The minimum absolute atomic E-state index is 0.168. The molecule has 2 aromatic carbocycles. The van der Waals surface area contributed by atoms with Crippen LogP contribution in [-0.2, 0) is 22.4 Å². The lowest BCUT2D eigenvalue weighted by molar-refractivity contribution is 0.00135. The smallest absolute Gasteiger partial charge is 0.227 e. The van der Waals surface area contributed by atoms with Crippen molar-refractivity contribution in [3.8, 4) is 17.3 Å². The molecule has 0 saturated carbocycles. The van der Waals surface area contributed by atoms with Gasteiger partial charge in [-0.15, -0.1) is 0 Å². The summed E-state index contributed by atoms with van der Waals surface area (Å²) in [5.41, 5.74) is 2.97. The topological polar surface area (TPSA) is 69.0 Å². The average Bonchev–Trinajstić information content (AvgIpc) is 3.56. The standard InChI is InChI=1S/C30H41N3O4/c1-3-5-18-35-23-25(34)20-32(21-27-17-12-19-36-27)22-28-29(4-2)31-33(24-13-8-6-9-14-24)30(28)37-26-15-10-7-11-16-26/h6-11,13-16,25,27,34H,3-5,12,17-23H2,1-2H3/t25-,27+/m0/s1. The average molecular weight is 508 g/mol. The van der Waals surface area contributed by atoms with E-state index in [0.717, 1.165) is 68.0 Å². The van der Waals surface area contributed by atoms with Gasteiger partial charge in [-0.25, -0.2) is 4.68 Å². The number of aliphatic hydroxyl groups excluding tert-OH is 1. The highest BCUT2D eigenvalue weighted by Gasteiger charge is 2.26. The molecular weight excluding hydrogens is 466 g/mol. The number of unbranched alkanes of at least 4 members (excludes halogenated alkanes) is 1. The number of aliphatic hydroxyl groups is 1. The highest BCUT2D eigenvalue weighted by Crippen LogP contribution is 2.32. The molecule has 3 aromatic rings. The summed E-state index contributed by atoms with van der Waals surface area (Å²) in [7, 11) is 0. The van der Waals surface area contributed by atoms with Crippen LogP contribution in [0.5, 0.6) is 11.6 Å². The molecular formula is C30H41N3O4. The number of aryl methyl sites for hydroxylation is 1. The summed E-state index contributed by atoms with van der Waals surface area (Å²) >= 11 is 0. The van der Waals surface area contributed by atoms with Crippen molar-refractivity contribution in [3.05, 3.63) is 71.9 Å². The Bertz CT molecular complexity index is 1050. The maximum atomic E-state index is 10.8. The van der Waals surface area contributed by atoms with Gasteiger partial charge in [0.05, 0.1) is 35.8 Å². The summed E-state index contributed by atoms with van der Waals surface area (Å²) in [6.45, 7) is 7.91. The first-order valence-electron chi connectivity index (χ1n) is 13.7. The highest BCUT2D eigenvalue weighted by atomic mass is 16.5. The van der Waals surface area contributed by atoms with Crippen molar-refractivity contribution in [3.63, 3.8) is 0 Å². The molecule has 1 N–H and O–H groups in total. The number of hydrogen-bond donors (Lipinski definition) is 1. The van der Waals surface area contributed by atoms with Gasteiger partial charge in [0.15, 0.2) is 0 Å². The summed E-state index contributed by atoms with van der Waals surface area (Å²) in [4.78, 5) is 2.27. The molecule has 7 heteroatoms. The Labute approximate surface area is 221 Å². The second kappa shape index (κ2) is 14.3. The maximum absolute atomic E-state index is 10.8. The number of hydrogen-bond acceptors (Lipinski definition) is 6. The SMILES string of the molecule is CCCCOC[C@@H](O)CN(Cc1c(CC)nn(-c2ccccc2)c1Oc1ccccc1)C[C@H]1CCCO1. The lowest BCUT2D eigenvalue weighted by Crippen LogP contribution is -2.39. The number of benzene rings is 2. The zero-order valence-electron chi connectivity index (χ0n) is 22.2. The first-order valence-corrected chi connectivity index (χ1v) is 13.7. The fourth-order valence-corrected chi connectivity index (χ4v) is 4.69. The van der Waals surface area contributed by atoms with Gasteiger partial charge in [0.25, 0.3) is 0 Å². The molecule has 0 unspecified atom stereocenters. The van der Waals surface area contributed by atoms with Gasteiger partial charge >= 0.3 is 0 Å². The predicted molar refractivity (Wildman–Crippen MR) is 145 cm³/mol. The lowest BCUT2D eigenvalue weighted by Gasteiger charge is -2.27. The van der Waals surface area contributed by atoms with Gasteiger partial charge in [0, 0.05) is 32.8 Å². The van der Waals surface area contributed by atoms with Crippen LogP contribution in [0.4, 0.5) is 0 Å². The van der Waals surface area contributed by atoms with Crippen LogP contribution in [0.3, 0.4) is 0 Å². The molecule has 0 aliphatic carbocycles. The van der Waals surface area contributed by atoms with Gasteiger partial charge < -0.3 is 19.3 Å². The van der Waals surface area contributed by atoms with Gasteiger partial charge in [-0.05, 0) is 49.9 Å². The van der Waals surface area contributed by atoms with E-state index in [0.29, 0.717) is 32.2 Å². The Morgan fingerprint density at radius 1 is 1.11 bits per heavy atom. The predicted octanol–water partition coefficient (Wildman–Crippen LogP) is 5.39. The molecule has 0 bridgehead atoms. The fourth-order valence-electron chi connectivity index (χ4n) is 4.69. The van der Waals surface area contributed by atoms with E-state index >= 15 is 0 Å². The summed E-state index contributed by atoms with van der Waals surface area (Å²) in [6.07, 6.45) is 4.57. The van der Waals surface area contributed by atoms with E-state index in [2.05, 4.69) is 18.7 Å². The third-order valence-electron chi connectivity index (χ3n) is 6.60. The van der Waals surface area contributed by atoms with Crippen molar-refractivity contribution >= 4 is 0 Å². The second-order valence-corrected chi connectivity index (χ2v) is 9.66. The van der Waals surface area contributed by atoms with Gasteiger partial charge in [0.2, 0.25) is 5.88 Å². The van der Waals surface area contributed by atoms with Crippen molar-refractivity contribution < 1.29 is 19.3 Å². The summed E-state index contributed by atoms with van der Waals surface area (Å²) < 4.78 is 20.1. The van der Waals surface area contributed by atoms with E-state index in [1.54, 1.807) is 0 Å². The van der Waals surface area contributed by atoms with Crippen LogP contribution in [0, 0.1) is 0 Å². The minimum Gasteiger partial charge on any atom is -0.439 e. The molecule has 37 heavy (non-hydrogen) atoms. The largest absolute Gasteiger partial charge is 0.439 e. The molecule has 0 radical (unpaired) electrons. The third-order valence-corrected chi connectivity index (χ3v) is 6.60. The normalized spacial score (nSPS) is 16.4. The third kappa shape index (κ3) is 7.89. The zero-order chi connectivity index (χ0) is 25.9. The molecule has 2 heterocycles. The molecule has 1 fully saturated rings. The molecule has 4 rings (SSSR count). The van der Waals surface area contributed by atoms with E-state index < -0.39 is 6.10 Å². The van der Waals surface area contributed by atoms with Crippen LogP contribution in [0.15, 0.2) is 60.7 Å². The molecule has 1 saturated heterocycles. The molecule has 1 aliphatic rings. The lowest BCUT2D eigenvalue weighted by atomic mass is 10.1. The van der Waals surface area contributed by atoms with Crippen LogP contribution in [0.1, 0.15) is 50.8 Å². The fraction of sp³-hybridized carbons (Fsp3) is 0.500. The molecule has 0 amide bonds. The quantitative estimate of drug-likeness (QED) is 0.278. The zero-order valence-corrected chi connectivity index (χ0v) is 22.2. The van der Waals surface area contributed by atoms with Crippen LogP contribution >= 0.6 is 0 Å². The molecule has 7 nitrogen and oxygen atoms in total. The van der Waals surface area contributed by atoms with E-state index in [-0.39, 0.29) is 6.10 Å². The molecule has 0 spiro atoms. The number of rotatable bonds is 15.